The van der Waals surface area contributed by atoms with Crippen molar-refractivity contribution in [1.29, 1.82) is 0 Å². The fraction of sp³-hybridized carbons (Fsp3) is 1.00. The van der Waals surface area contributed by atoms with Gasteiger partial charge >= 0.3 is 0 Å². The summed E-state index contributed by atoms with van der Waals surface area (Å²) in [6, 6.07) is 0. The molecule has 0 aromatic carbocycles. The number of halogens is 1. The highest BCUT2D eigenvalue weighted by molar-refractivity contribution is 4.65. The number of alkyl halides is 1. The summed E-state index contributed by atoms with van der Waals surface area (Å²) in [6.45, 7) is 4.07. The van der Waals surface area contributed by atoms with Crippen LogP contribution in [0.15, 0.2) is 0 Å². The van der Waals surface area contributed by atoms with E-state index in [1.807, 2.05) is 6.92 Å². The number of piperidine rings is 1. The number of hydrogen-bond acceptors (Lipinski definition) is 2. The van der Waals surface area contributed by atoms with Crippen molar-refractivity contribution in [1.82, 2.24) is 4.90 Å². The molecule has 2 nitrogen and oxygen atoms in total. The highest BCUT2D eigenvalue weighted by Gasteiger charge is 2.16. The molecule has 1 heterocycles. The molecule has 0 N–H and O–H groups in total. The van der Waals surface area contributed by atoms with Crippen molar-refractivity contribution in [2.45, 2.75) is 32.4 Å². The van der Waals surface area contributed by atoms with Gasteiger partial charge < -0.3 is 4.74 Å². The van der Waals surface area contributed by atoms with Gasteiger partial charge in [0.25, 0.3) is 0 Å². The molecule has 0 bridgehead atoms. The molecule has 0 spiro atoms. The van der Waals surface area contributed by atoms with Crippen LogP contribution in [0.3, 0.4) is 0 Å². The number of nitrogens with zero attached hydrogens (tertiary/aromatic N) is 1. The largest absolute Gasteiger partial charge is 0.361 e. The fourth-order valence-electron chi connectivity index (χ4n) is 1.60. The second-order valence-corrected chi connectivity index (χ2v) is 3.26. The smallest absolute Gasteiger partial charge is 0.113 e. The highest BCUT2D eigenvalue weighted by atomic mass is 19.1. The molecule has 0 saturated carbocycles. The maximum absolute atomic E-state index is 11.8. The van der Waals surface area contributed by atoms with Crippen LogP contribution in [0.1, 0.15) is 26.2 Å². The normalized spacial score (nSPS) is 22.5. The van der Waals surface area contributed by atoms with E-state index >= 15 is 0 Å². The molecule has 1 aliphatic heterocycles. The van der Waals surface area contributed by atoms with E-state index in [9.17, 15) is 4.39 Å². The van der Waals surface area contributed by atoms with Crippen molar-refractivity contribution in [2.24, 2.45) is 0 Å². The molecule has 0 radical (unpaired) electrons. The number of rotatable bonds is 4. The molecule has 1 aliphatic rings. The topological polar surface area (TPSA) is 12.5 Å². The standard InChI is InChI=1S/C9H18FNO/c1-9(12-8-5-10)11-6-3-2-4-7-11/h9H,2-8H2,1H3. The summed E-state index contributed by atoms with van der Waals surface area (Å²) in [5.74, 6) is 0. The van der Waals surface area contributed by atoms with Crippen molar-refractivity contribution < 1.29 is 9.13 Å². The van der Waals surface area contributed by atoms with Crippen LogP contribution in [-0.4, -0.2) is 37.5 Å². The van der Waals surface area contributed by atoms with Crippen LogP contribution in [0, 0.1) is 0 Å². The third-order valence-corrected chi connectivity index (χ3v) is 2.34. The Morgan fingerprint density at radius 2 is 2.00 bits per heavy atom. The lowest BCUT2D eigenvalue weighted by Crippen LogP contribution is -2.39. The van der Waals surface area contributed by atoms with Crippen molar-refractivity contribution in [3.63, 3.8) is 0 Å². The Morgan fingerprint density at radius 3 is 2.58 bits per heavy atom. The van der Waals surface area contributed by atoms with Crippen molar-refractivity contribution >= 4 is 0 Å². The lowest BCUT2D eigenvalue weighted by Gasteiger charge is -2.31. The SMILES string of the molecule is CC(OCCF)N1CCCCC1. The summed E-state index contributed by atoms with van der Waals surface area (Å²) in [7, 11) is 0. The van der Waals surface area contributed by atoms with Crippen LogP contribution < -0.4 is 0 Å². The summed E-state index contributed by atoms with van der Waals surface area (Å²) in [6.07, 6.45) is 3.93. The lowest BCUT2D eigenvalue weighted by atomic mass is 10.1. The van der Waals surface area contributed by atoms with Gasteiger partial charge in [-0.05, 0) is 19.8 Å². The van der Waals surface area contributed by atoms with Gasteiger partial charge in [0.15, 0.2) is 0 Å². The zero-order valence-corrected chi connectivity index (χ0v) is 7.76. The first kappa shape index (κ1) is 9.93. The van der Waals surface area contributed by atoms with Crippen LogP contribution in [0.5, 0.6) is 0 Å². The van der Waals surface area contributed by atoms with Gasteiger partial charge in [0.1, 0.15) is 12.9 Å². The lowest BCUT2D eigenvalue weighted by molar-refractivity contribution is -0.0581. The summed E-state index contributed by atoms with van der Waals surface area (Å²) in [5.41, 5.74) is 0. The molecular weight excluding hydrogens is 157 g/mol. The zero-order valence-electron chi connectivity index (χ0n) is 7.76. The molecule has 3 heteroatoms. The Morgan fingerprint density at radius 1 is 1.33 bits per heavy atom. The third kappa shape index (κ3) is 3.07. The molecule has 1 unspecified atom stereocenters. The van der Waals surface area contributed by atoms with E-state index in [-0.39, 0.29) is 19.5 Å². The monoisotopic (exact) mass is 175 g/mol. The summed E-state index contributed by atoms with van der Waals surface area (Å²) in [5, 5.41) is 0. The predicted octanol–water partition coefficient (Wildman–Crippen LogP) is 1.80. The van der Waals surface area contributed by atoms with Gasteiger partial charge in [0.05, 0.1) is 6.61 Å². The number of likely N-dealkylation sites (tertiary alicyclic amines) is 1. The molecule has 1 fully saturated rings. The Kier molecular flexibility index (Phi) is 4.54. The molecule has 0 aromatic heterocycles. The molecule has 1 saturated heterocycles. The van der Waals surface area contributed by atoms with E-state index in [0.29, 0.717) is 0 Å². The first-order valence-corrected chi connectivity index (χ1v) is 4.76. The van der Waals surface area contributed by atoms with Crippen molar-refractivity contribution in [3.05, 3.63) is 0 Å². The van der Waals surface area contributed by atoms with E-state index < -0.39 is 0 Å². The second kappa shape index (κ2) is 5.49. The number of hydrogen-bond donors (Lipinski definition) is 0. The minimum absolute atomic E-state index is 0.0982. The minimum Gasteiger partial charge on any atom is -0.361 e. The Labute approximate surface area is 73.7 Å². The molecule has 0 aromatic rings. The van der Waals surface area contributed by atoms with E-state index in [4.69, 9.17) is 4.74 Å². The van der Waals surface area contributed by atoms with Gasteiger partial charge in [0, 0.05) is 13.1 Å². The molecular formula is C9H18FNO. The van der Waals surface area contributed by atoms with Crippen LogP contribution in [0.25, 0.3) is 0 Å². The Balaban J connectivity index is 2.15. The summed E-state index contributed by atoms with van der Waals surface area (Å²) >= 11 is 0. The first-order chi connectivity index (χ1) is 5.84. The van der Waals surface area contributed by atoms with E-state index in [0.717, 1.165) is 13.1 Å². The second-order valence-electron chi connectivity index (χ2n) is 3.26. The van der Waals surface area contributed by atoms with Crippen LogP contribution in [0.2, 0.25) is 0 Å². The average molecular weight is 175 g/mol. The molecule has 12 heavy (non-hydrogen) atoms. The molecule has 0 aliphatic carbocycles. The maximum atomic E-state index is 11.8. The zero-order chi connectivity index (χ0) is 8.81. The quantitative estimate of drug-likeness (QED) is 0.646. The van der Waals surface area contributed by atoms with E-state index in [2.05, 4.69) is 4.90 Å². The van der Waals surface area contributed by atoms with Gasteiger partial charge in [-0.1, -0.05) is 6.42 Å². The third-order valence-electron chi connectivity index (χ3n) is 2.34. The highest BCUT2D eigenvalue weighted by Crippen LogP contribution is 2.12. The van der Waals surface area contributed by atoms with E-state index in [1.54, 1.807) is 0 Å². The fourth-order valence-corrected chi connectivity index (χ4v) is 1.60. The van der Waals surface area contributed by atoms with Crippen LogP contribution in [0.4, 0.5) is 4.39 Å². The van der Waals surface area contributed by atoms with Gasteiger partial charge in [-0.25, -0.2) is 4.39 Å². The van der Waals surface area contributed by atoms with Crippen LogP contribution >= 0.6 is 0 Å². The van der Waals surface area contributed by atoms with Crippen molar-refractivity contribution in [3.8, 4) is 0 Å². The van der Waals surface area contributed by atoms with Gasteiger partial charge in [-0.3, -0.25) is 4.90 Å². The van der Waals surface area contributed by atoms with Gasteiger partial charge in [-0.15, -0.1) is 0 Å². The predicted molar refractivity (Wildman–Crippen MR) is 46.8 cm³/mol. The van der Waals surface area contributed by atoms with Crippen molar-refractivity contribution in [2.75, 3.05) is 26.4 Å². The van der Waals surface area contributed by atoms with E-state index in [1.165, 1.54) is 19.3 Å². The number of ether oxygens (including phenoxy) is 1. The van der Waals surface area contributed by atoms with Gasteiger partial charge in [-0.2, -0.15) is 0 Å². The minimum atomic E-state index is -0.377. The maximum Gasteiger partial charge on any atom is 0.113 e. The molecule has 1 atom stereocenters. The summed E-state index contributed by atoms with van der Waals surface area (Å²) in [4.78, 5) is 2.28. The van der Waals surface area contributed by atoms with Crippen LogP contribution in [-0.2, 0) is 4.74 Å². The Hall–Kier alpha value is -0.150. The molecule has 72 valence electrons. The Bertz CT molecular complexity index is 115. The van der Waals surface area contributed by atoms with Gasteiger partial charge in [0.2, 0.25) is 0 Å². The molecule has 0 amide bonds. The first-order valence-electron chi connectivity index (χ1n) is 4.76. The summed E-state index contributed by atoms with van der Waals surface area (Å²) < 4.78 is 17.1. The average Bonchev–Trinajstić information content (AvgIpc) is 2.15. The molecule has 1 rings (SSSR count).